The van der Waals surface area contributed by atoms with Crippen molar-refractivity contribution >= 4 is 34.0 Å². The summed E-state index contributed by atoms with van der Waals surface area (Å²) < 4.78 is 0. The van der Waals surface area contributed by atoms with E-state index >= 15 is 0 Å². The van der Waals surface area contributed by atoms with Crippen LogP contribution in [0.1, 0.15) is 32.4 Å². The smallest absolute Gasteiger partial charge is 0.262 e. The molecule has 6 rings (SSSR count). The molecule has 4 nitrogen and oxygen atoms in total. The quantitative estimate of drug-likeness (QED) is 0.460. The van der Waals surface area contributed by atoms with Crippen molar-refractivity contribution < 1.29 is 9.59 Å². The third kappa shape index (κ3) is 2.08. The molecule has 1 atom stereocenters. The maximum Gasteiger partial charge on any atom is 0.262 e. The summed E-state index contributed by atoms with van der Waals surface area (Å²) in [6.07, 6.45) is -0.494. The van der Waals surface area contributed by atoms with Gasteiger partial charge in [0.25, 0.3) is 11.8 Å². The summed E-state index contributed by atoms with van der Waals surface area (Å²) in [7, 11) is 0. The lowest BCUT2D eigenvalue weighted by atomic mass is 10.0. The number of carbonyl (C=O) groups is 2. The van der Waals surface area contributed by atoms with Gasteiger partial charge in [-0.05, 0) is 29.7 Å². The zero-order valence-corrected chi connectivity index (χ0v) is 15.4. The van der Waals surface area contributed by atoms with Crippen molar-refractivity contribution in [2.24, 2.45) is 0 Å². The Balaban J connectivity index is 1.68. The largest absolute Gasteiger partial charge is 0.282 e. The summed E-state index contributed by atoms with van der Waals surface area (Å²) in [5.41, 5.74) is 3.51. The Bertz CT molecular complexity index is 1320. The number of hydrogen-bond acceptors (Lipinski definition) is 2. The minimum Gasteiger partial charge on any atom is -0.282 e. The van der Waals surface area contributed by atoms with Crippen LogP contribution >= 0.6 is 0 Å². The molecule has 0 N–H and O–H groups in total. The molecule has 4 aromatic rings. The van der Waals surface area contributed by atoms with Gasteiger partial charge in [0.2, 0.25) is 0 Å². The molecular weight excluding hydrogens is 360 g/mol. The van der Waals surface area contributed by atoms with Crippen LogP contribution in [-0.2, 0) is 0 Å². The first-order chi connectivity index (χ1) is 14.3. The van der Waals surface area contributed by atoms with Crippen molar-refractivity contribution in [3.05, 3.63) is 108 Å². The molecule has 4 heteroatoms. The second kappa shape index (κ2) is 5.79. The summed E-state index contributed by atoms with van der Waals surface area (Å²) in [6, 6.07) is 28.9. The van der Waals surface area contributed by atoms with Gasteiger partial charge in [-0.1, -0.05) is 66.7 Å². The maximum atomic E-state index is 13.7. The van der Waals surface area contributed by atoms with Gasteiger partial charge >= 0.3 is 0 Å². The molecule has 0 fully saturated rings. The Morgan fingerprint density at radius 2 is 1.14 bits per heavy atom. The molecule has 0 saturated heterocycles. The maximum absolute atomic E-state index is 13.7. The van der Waals surface area contributed by atoms with Crippen molar-refractivity contribution in [1.29, 1.82) is 0 Å². The molecule has 0 aliphatic carbocycles. The minimum absolute atomic E-state index is 0.0733. The van der Waals surface area contributed by atoms with E-state index in [0.29, 0.717) is 16.8 Å². The number of hydrogen-bond donors (Lipinski definition) is 0. The van der Waals surface area contributed by atoms with Crippen LogP contribution in [0.15, 0.2) is 91.0 Å². The molecule has 2 aliphatic heterocycles. The standard InChI is InChI=1S/C25H16N2O2/c28-24-19-12-4-3-11-18(19)23-26(21-15-7-9-16-8-1-2-10-17(16)21)25(29)20-13-5-6-14-22(20)27(23)24/h1-15,23H/t23-/m0/s1. The van der Waals surface area contributed by atoms with E-state index in [-0.39, 0.29) is 11.8 Å². The number of rotatable bonds is 1. The fraction of sp³-hybridized carbons (Fsp3) is 0.0400. The van der Waals surface area contributed by atoms with Crippen LogP contribution in [0.4, 0.5) is 11.4 Å². The second-order valence-electron chi connectivity index (χ2n) is 7.33. The van der Waals surface area contributed by atoms with Gasteiger partial charge in [0.1, 0.15) is 6.17 Å². The van der Waals surface area contributed by atoms with Crippen molar-refractivity contribution in [3.8, 4) is 0 Å². The zero-order valence-electron chi connectivity index (χ0n) is 15.4. The summed E-state index contributed by atoms with van der Waals surface area (Å²) in [5.74, 6) is -0.168. The van der Waals surface area contributed by atoms with Gasteiger partial charge in [-0.2, -0.15) is 0 Å². The number of nitrogens with zero attached hydrogens (tertiary/aromatic N) is 2. The number of fused-ring (bicyclic) bond motifs is 6. The SMILES string of the molecule is O=C1c2ccccc2[C@@H]2N1c1ccccc1C(=O)N2c1cccc2ccccc12. The van der Waals surface area contributed by atoms with Gasteiger partial charge in [-0.3, -0.25) is 19.4 Å². The number of amides is 2. The molecule has 0 spiro atoms. The Hall–Kier alpha value is -3.92. The van der Waals surface area contributed by atoms with Gasteiger partial charge < -0.3 is 0 Å². The Kier molecular flexibility index (Phi) is 3.21. The van der Waals surface area contributed by atoms with Crippen LogP contribution in [0.25, 0.3) is 10.8 Å². The third-order valence-corrected chi connectivity index (χ3v) is 5.82. The molecule has 2 heterocycles. The van der Waals surface area contributed by atoms with Crippen LogP contribution in [0.3, 0.4) is 0 Å². The van der Waals surface area contributed by atoms with Crippen LogP contribution < -0.4 is 9.80 Å². The molecular formula is C25H16N2O2. The van der Waals surface area contributed by atoms with Crippen molar-refractivity contribution in [3.63, 3.8) is 0 Å². The van der Waals surface area contributed by atoms with Crippen LogP contribution in [0.5, 0.6) is 0 Å². The molecule has 2 amide bonds. The van der Waals surface area contributed by atoms with Gasteiger partial charge in [-0.25, -0.2) is 0 Å². The summed E-state index contributed by atoms with van der Waals surface area (Å²) >= 11 is 0. The van der Waals surface area contributed by atoms with E-state index in [1.807, 2.05) is 84.9 Å². The summed E-state index contributed by atoms with van der Waals surface area (Å²) in [6.45, 7) is 0. The summed E-state index contributed by atoms with van der Waals surface area (Å²) in [4.78, 5) is 30.6. The van der Waals surface area contributed by atoms with Crippen LogP contribution in [0, 0.1) is 0 Å². The van der Waals surface area contributed by atoms with Crippen molar-refractivity contribution in [1.82, 2.24) is 0 Å². The van der Waals surface area contributed by atoms with E-state index in [9.17, 15) is 9.59 Å². The average Bonchev–Trinajstić information content (AvgIpc) is 3.07. The van der Waals surface area contributed by atoms with Crippen molar-refractivity contribution in [2.75, 3.05) is 9.80 Å². The molecule has 0 aromatic heterocycles. The highest BCUT2D eigenvalue weighted by Crippen LogP contribution is 2.47. The lowest BCUT2D eigenvalue weighted by Crippen LogP contribution is -2.48. The predicted molar refractivity (Wildman–Crippen MR) is 113 cm³/mol. The fourth-order valence-electron chi connectivity index (χ4n) is 4.56. The molecule has 0 radical (unpaired) electrons. The first kappa shape index (κ1) is 16.1. The van der Waals surface area contributed by atoms with E-state index in [4.69, 9.17) is 0 Å². The minimum atomic E-state index is -0.494. The predicted octanol–water partition coefficient (Wildman–Crippen LogP) is 5.16. The highest BCUT2D eigenvalue weighted by molar-refractivity contribution is 6.22. The van der Waals surface area contributed by atoms with E-state index in [1.165, 1.54) is 0 Å². The monoisotopic (exact) mass is 376 g/mol. The molecule has 0 bridgehead atoms. The first-order valence-electron chi connectivity index (χ1n) is 9.58. The van der Waals surface area contributed by atoms with E-state index < -0.39 is 6.17 Å². The molecule has 2 aliphatic rings. The van der Waals surface area contributed by atoms with Gasteiger partial charge in [0.05, 0.1) is 16.9 Å². The number of carbonyl (C=O) groups excluding carboxylic acids is 2. The highest BCUT2D eigenvalue weighted by Gasteiger charge is 2.48. The van der Waals surface area contributed by atoms with Crippen molar-refractivity contribution in [2.45, 2.75) is 6.17 Å². The summed E-state index contributed by atoms with van der Waals surface area (Å²) in [5, 5.41) is 2.04. The molecule has 29 heavy (non-hydrogen) atoms. The fourth-order valence-corrected chi connectivity index (χ4v) is 4.56. The lowest BCUT2D eigenvalue weighted by Gasteiger charge is -2.41. The second-order valence-corrected chi connectivity index (χ2v) is 7.33. The van der Waals surface area contributed by atoms with E-state index in [1.54, 1.807) is 15.9 Å². The Morgan fingerprint density at radius 1 is 0.552 bits per heavy atom. The Labute approximate surface area is 167 Å². The molecule has 0 unspecified atom stereocenters. The van der Waals surface area contributed by atoms with Crippen LogP contribution in [0.2, 0.25) is 0 Å². The number of benzene rings is 4. The van der Waals surface area contributed by atoms with Gasteiger partial charge in [0, 0.05) is 16.5 Å². The first-order valence-corrected chi connectivity index (χ1v) is 9.58. The van der Waals surface area contributed by atoms with E-state index in [0.717, 1.165) is 22.0 Å². The van der Waals surface area contributed by atoms with Gasteiger partial charge in [0.15, 0.2) is 0 Å². The number of para-hydroxylation sites is 1. The van der Waals surface area contributed by atoms with E-state index in [2.05, 4.69) is 0 Å². The van der Waals surface area contributed by atoms with Gasteiger partial charge in [-0.15, -0.1) is 0 Å². The third-order valence-electron chi connectivity index (χ3n) is 5.82. The normalized spacial score (nSPS) is 17.3. The average molecular weight is 376 g/mol. The lowest BCUT2D eigenvalue weighted by molar-refractivity contribution is 0.0949. The molecule has 4 aromatic carbocycles. The van der Waals surface area contributed by atoms with Crippen LogP contribution in [-0.4, -0.2) is 11.8 Å². The molecule has 0 saturated carbocycles. The molecule has 138 valence electrons. The zero-order chi connectivity index (χ0) is 19.5. The number of anilines is 2. The highest BCUT2D eigenvalue weighted by atomic mass is 16.2. The Morgan fingerprint density at radius 3 is 2.03 bits per heavy atom. The topological polar surface area (TPSA) is 40.6 Å².